The van der Waals surface area contributed by atoms with Gasteiger partial charge in [-0.3, -0.25) is 4.84 Å². The molecule has 0 spiro atoms. The first-order valence-corrected chi connectivity index (χ1v) is 10.1. The summed E-state index contributed by atoms with van der Waals surface area (Å²) in [7, 11) is 0. The van der Waals surface area contributed by atoms with Crippen LogP contribution in [0.1, 0.15) is 78.0 Å². The van der Waals surface area contributed by atoms with Crippen molar-refractivity contribution in [2.75, 3.05) is 6.61 Å². The number of nitrogens with zero attached hydrogens (tertiary/aromatic N) is 1. The Hall–Kier alpha value is -1.89. The van der Waals surface area contributed by atoms with E-state index in [0.717, 1.165) is 30.4 Å². The zero-order valence-electron chi connectivity index (χ0n) is 18.5. The van der Waals surface area contributed by atoms with Crippen LogP contribution in [0.25, 0.3) is 6.08 Å². The first-order chi connectivity index (χ1) is 13.3. The summed E-state index contributed by atoms with van der Waals surface area (Å²) >= 11 is 0. The van der Waals surface area contributed by atoms with Crippen LogP contribution in [-0.2, 0) is 14.3 Å². The summed E-state index contributed by atoms with van der Waals surface area (Å²) in [5.41, 5.74) is 1.56. The first kappa shape index (κ1) is 23.4. The average Bonchev–Trinajstić information content (AvgIpc) is 2.58. The SMILES string of the molecule is C=Cc1ccc(C(COC(=O)OC(C)(C)O)ON2C(C)(C)CCCC2(C)C)cc1. The summed E-state index contributed by atoms with van der Waals surface area (Å²) in [6.07, 6.45) is 3.48. The summed E-state index contributed by atoms with van der Waals surface area (Å²) in [6.45, 7) is 15.1. The molecule has 1 aliphatic heterocycles. The topological polar surface area (TPSA) is 68.2 Å². The Kier molecular flexibility index (Phi) is 7.14. The molecule has 162 valence electrons. The number of benzene rings is 1. The van der Waals surface area contributed by atoms with Gasteiger partial charge in [-0.1, -0.05) is 36.9 Å². The van der Waals surface area contributed by atoms with Gasteiger partial charge in [0, 0.05) is 24.9 Å². The Morgan fingerprint density at radius 2 is 1.76 bits per heavy atom. The highest BCUT2D eigenvalue weighted by Gasteiger charge is 2.44. The van der Waals surface area contributed by atoms with Crippen molar-refractivity contribution in [3.63, 3.8) is 0 Å². The summed E-state index contributed by atoms with van der Waals surface area (Å²) in [5, 5.41) is 11.7. The number of aliphatic hydroxyl groups is 1. The van der Waals surface area contributed by atoms with Gasteiger partial charge in [0.1, 0.15) is 12.7 Å². The summed E-state index contributed by atoms with van der Waals surface area (Å²) in [5.74, 6) is -1.60. The van der Waals surface area contributed by atoms with Crippen molar-refractivity contribution in [1.82, 2.24) is 5.06 Å². The van der Waals surface area contributed by atoms with E-state index in [9.17, 15) is 9.90 Å². The molecule has 1 unspecified atom stereocenters. The molecule has 1 heterocycles. The highest BCUT2D eigenvalue weighted by Crippen LogP contribution is 2.40. The highest BCUT2D eigenvalue weighted by molar-refractivity contribution is 5.60. The number of hydrogen-bond donors (Lipinski definition) is 1. The van der Waals surface area contributed by atoms with Gasteiger partial charge in [-0.05, 0) is 58.1 Å². The second kappa shape index (κ2) is 8.86. The predicted molar refractivity (Wildman–Crippen MR) is 113 cm³/mol. The van der Waals surface area contributed by atoms with Gasteiger partial charge in [0.25, 0.3) is 0 Å². The number of ether oxygens (including phenoxy) is 2. The van der Waals surface area contributed by atoms with Gasteiger partial charge in [-0.15, -0.1) is 0 Å². The summed E-state index contributed by atoms with van der Waals surface area (Å²) in [6, 6.07) is 7.77. The van der Waals surface area contributed by atoms with Crippen molar-refractivity contribution in [1.29, 1.82) is 0 Å². The molecule has 0 amide bonds. The standard InChI is InChI=1S/C23H35NO5/c1-8-17-10-12-18(13-11-17)19(16-27-20(25)28-23(6,7)26)29-24-21(2,3)14-9-15-22(24,4)5/h8,10-13,19,26H,1,9,14-16H2,2-7H3. The molecule has 1 N–H and O–H groups in total. The number of carbonyl (C=O) groups excluding carboxylic acids is 1. The van der Waals surface area contributed by atoms with Gasteiger partial charge in [0.05, 0.1) is 0 Å². The fourth-order valence-corrected chi connectivity index (χ4v) is 3.80. The second-order valence-electron chi connectivity index (χ2n) is 9.35. The monoisotopic (exact) mass is 405 g/mol. The van der Waals surface area contributed by atoms with E-state index >= 15 is 0 Å². The molecule has 0 saturated carbocycles. The van der Waals surface area contributed by atoms with Crippen molar-refractivity contribution >= 4 is 12.2 Å². The fraction of sp³-hybridized carbons (Fsp3) is 0.609. The predicted octanol–water partition coefficient (Wildman–Crippen LogP) is 5.23. The van der Waals surface area contributed by atoms with E-state index in [-0.39, 0.29) is 17.7 Å². The smallest absolute Gasteiger partial charge is 0.431 e. The van der Waals surface area contributed by atoms with E-state index in [1.54, 1.807) is 6.08 Å². The van der Waals surface area contributed by atoms with Crippen molar-refractivity contribution in [2.45, 2.75) is 83.8 Å². The van der Waals surface area contributed by atoms with Gasteiger partial charge >= 0.3 is 6.16 Å². The van der Waals surface area contributed by atoms with Gasteiger partial charge in [0.2, 0.25) is 5.79 Å². The van der Waals surface area contributed by atoms with Gasteiger partial charge < -0.3 is 14.6 Å². The minimum Gasteiger partial charge on any atom is -0.431 e. The van der Waals surface area contributed by atoms with E-state index in [1.165, 1.54) is 13.8 Å². The maximum atomic E-state index is 12.0. The molecule has 29 heavy (non-hydrogen) atoms. The molecule has 0 aromatic heterocycles. The number of piperidine rings is 1. The molecule has 0 aliphatic carbocycles. The molecule has 1 atom stereocenters. The summed E-state index contributed by atoms with van der Waals surface area (Å²) < 4.78 is 10.1. The second-order valence-corrected chi connectivity index (χ2v) is 9.35. The van der Waals surface area contributed by atoms with Crippen molar-refractivity contribution in [2.24, 2.45) is 0 Å². The van der Waals surface area contributed by atoms with Gasteiger partial charge in [-0.25, -0.2) is 4.79 Å². The molecule has 1 aliphatic rings. The van der Waals surface area contributed by atoms with Crippen molar-refractivity contribution in [3.8, 4) is 0 Å². The van der Waals surface area contributed by atoms with Crippen LogP contribution >= 0.6 is 0 Å². The number of hydroxylamine groups is 2. The van der Waals surface area contributed by atoms with Crippen LogP contribution in [0.2, 0.25) is 0 Å². The van der Waals surface area contributed by atoms with Crippen LogP contribution < -0.4 is 0 Å². The quantitative estimate of drug-likeness (QED) is 0.495. The molecule has 6 nitrogen and oxygen atoms in total. The van der Waals surface area contributed by atoms with Crippen LogP contribution in [0.5, 0.6) is 0 Å². The fourth-order valence-electron chi connectivity index (χ4n) is 3.80. The Morgan fingerprint density at radius 3 is 2.24 bits per heavy atom. The molecular weight excluding hydrogens is 370 g/mol. The van der Waals surface area contributed by atoms with E-state index in [0.29, 0.717) is 0 Å². The molecule has 0 bridgehead atoms. The van der Waals surface area contributed by atoms with E-state index in [4.69, 9.17) is 14.3 Å². The Balaban J connectivity index is 2.23. The van der Waals surface area contributed by atoms with Crippen LogP contribution in [-0.4, -0.2) is 39.8 Å². The maximum absolute atomic E-state index is 12.0. The Morgan fingerprint density at radius 1 is 1.21 bits per heavy atom. The van der Waals surface area contributed by atoms with Gasteiger partial charge in [-0.2, -0.15) is 5.06 Å². The lowest BCUT2D eigenvalue weighted by molar-refractivity contribution is -0.311. The minimum absolute atomic E-state index is 0.0367. The first-order valence-electron chi connectivity index (χ1n) is 10.1. The lowest BCUT2D eigenvalue weighted by atomic mass is 9.82. The zero-order chi connectivity index (χ0) is 21.9. The molecule has 1 saturated heterocycles. The third kappa shape index (κ3) is 6.56. The molecule has 1 fully saturated rings. The number of hydrogen-bond acceptors (Lipinski definition) is 6. The lowest BCUT2D eigenvalue weighted by Gasteiger charge is -2.52. The normalized spacial score (nSPS) is 20.0. The van der Waals surface area contributed by atoms with E-state index in [1.807, 2.05) is 29.3 Å². The van der Waals surface area contributed by atoms with E-state index in [2.05, 4.69) is 34.3 Å². The zero-order valence-corrected chi connectivity index (χ0v) is 18.5. The maximum Gasteiger partial charge on any atom is 0.510 e. The Bertz CT molecular complexity index is 687. The van der Waals surface area contributed by atoms with Crippen LogP contribution in [0.15, 0.2) is 30.8 Å². The molecular formula is C23H35NO5. The number of carbonyl (C=O) groups is 1. The average molecular weight is 406 g/mol. The highest BCUT2D eigenvalue weighted by atomic mass is 16.8. The Labute approximate surface area is 174 Å². The molecule has 0 radical (unpaired) electrons. The van der Waals surface area contributed by atoms with Crippen molar-refractivity contribution in [3.05, 3.63) is 42.0 Å². The number of rotatable bonds is 7. The van der Waals surface area contributed by atoms with Crippen LogP contribution in [0, 0.1) is 0 Å². The molecule has 1 aromatic carbocycles. The summed E-state index contributed by atoms with van der Waals surface area (Å²) in [4.78, 5) is 18.4. The third-order valence-electron chi connectivity index (χ3n) is 5.14. The van der Waals surface area contributed by atoms with Crippen molar-refractivity contribution < 1.29 is 24.2 Å². The van der Waals surface area contributed by atoms with Gasteiger partial charge in [0.15, 0.2) is 0 Å². The lowest BCUT2D eigenvalue weighted by Crippen LogP contribution is -2.58. The molecule has 2 rings (SSSR count). The largest absolute Gasteiger partial charge is 0.510 e. The van der Waals surface area contributed by atoms with Crippen LogP contribution in [0.4, 0.5) is 4.79 Å². The molecule has 6 heteroatoms. The van der Waals surface area contributed by atoms with E-state index < -0.39 is 18.0 Å². The third-order valence-corrected chi connectivity index (χ3v) is 5.14. The molecule has 1 aromatic rings. The minimum atomic E-state index is -1.60. The van der Waals surface area contributed by atoms with Crippen LogP contribution in [0.3, 0.4) is 0 Å².